The smallest absolute Gasteiger partial charge is 0.339 e. The summed E-state index contributed by atoms with van der Waals surface area (Å²) < 4.78 is 5.53. The van der Waals surface area contributed by atoms with Gasteiger partial charge in [-0.1, -0.05) is 18.5 Å². The summed E-state index contributed by atoms with van der Waals surface area (Å²) in [6.07, 6.45) is 0.610. The molecule has 0 saturated heterocycles. The monoisotopic (exact) mass is 324 g/mol. The third-order valence-electron chi connectivity index (χ3n) is 4.38. The van der Waals surface area contributed by atoms with Crippen LogP contribution in [0.4, 0.5) is 0 Å². The molecule has 0 spiro atoms. The van der Waals surface area contributed by atoms with Crippen molar-refractivity contribution in [2.75, 3.05) is 13.1 Å². The molecule has 5 heteroatoms. The number of nitrogens with one attached hydrogen (secondary N) is 1. The van der Waals surface area contributed by atoms with Crippen molar-refractivity contribution in [3.05, 3.63) is 38.2 Å². The average molecular weight is 325 g/mol. The number of phenols is 1. The molecule has 0 atom stereocenters. The SMILES string of the molecule is CCc1c(C)c2cc(Cl)c(O)c(C[NH+](CC)CC)c2oc1=O. The van der Waals surface area contributed by atoms with Gasteiger partial charge >= 0.3 is 5.63 Å². The van der Waals surface area contributed by atoms with Crippen molar-refractivity contribution < 1.29 is 14.4 Å². The van der Waals surface area contributed by atoms with Gasteiger partial charge < -0.3 is 14.4 Å². The second kappa shape index (κ2) is 6.71. The van der Waals surface area contributed by atoms with Crippen LogP contribution in [0, 0.1) is 6.92 Å². The molecular formula is C17H23ClNO3+. The Hall–Kier alpha value is -1.52. The zero-order chi connectivity index (χ0) is 16.4. The van der Waals surface area contributed by atoms with E-state index in [0.717, 1.165) is 24.0 Å². The molecule has 22 heavy (non-hydrogen) atoms. The molecule has 0 aliphatic rings. The number of aromatic hydroxyl groups is 1. The van der Waals surface area contributed by atoms with Crippen LogP contribution in [0.3, 0.4) is 0 Å². The minimum atomic E-state index is -0.329. The first-order valence-corrected chi connectivity index (χ1v) is 8.12. The minimum absolute atomic E-state index is 0.0142. The number of hydrogen-bond acceptors (Lipinski definition) is 3. The molecule has 2 aromatic rings. The number of hydrogen-bond donors (Lipinski definition) is 2. The van der Waals surface area contributed by atoms with E-state index in [1.807, 2.05) is 13.8 Å². The topological polar surface area (TPSA) is 54.9 Å². The number of quaternary nitrogens is 1. The maximum atomic E-state index is 12.2. The molecule has 0 fully saturated rings. The van der Waals surface area contributed by atoms with Crippen LogP contribution in [0.2, 0.25) is 5.02 Å². The minimum Gasteiger partial charge on any atom is -0.506 e. The average Bonchev–Trinajstić information content (AvgIpc) is 2.50. The van der Waals surface area contributed by atoms with Crippen LogP contribution < -0.4 is 10.5 Å². The highest BCUT2D eigenvalue weighted by atomic mass is 35.5. The van der Waals surface area contributed by atoms with Gasteiger partial charge in [-0.2, -0.15) is 0 Å². The van der Waals surface area contributed by atoms with Gasteiger partial charge in [0.1, 0.15) is 12.3 Å². The Morgan fingerprint density at radius 3 is 2.41 bits per heavy atom. The van der Waals surface area contributed by atoms with Crippen LogP contribution in [0.5, 0.6) is 5.75 Å². The van der Waals surface area contributed by atoms with Gasteiger partial charge in [-0.05, 0) is 38.8 Å². The number of aryl methyl sites for hydroxylation is 1. The summed E-state index contributed by atoms with van der Waals surface area (Å²) in [6, 6.07) is 1.69. The fourth-order valence-corrected chi connectivity index (χ4v) is 3.09. The summed E-state index contributed by atoms with van der Waals surface area (Å²) in [5, 5.41) is 11.4. The van der Waals surface area contributed by atoms with Gasteiger partial charge in [-0.3, -0.25) is 0 Å². The summed E-state index contributed by atoms with van der Waals surface area (Å²) in [6.45, 7) is 10.4. The summed E-state index contributed by atoms with van der Waals surface area (Å²) in [5.74, 6) is 0.0142. The van der Waals surface area contributed by atoms with Crippen LogP contribution in [0.15, 0.2) is 15.3 Å². The summed E-state index contributed by atoms with van der Waals surface area (Å²) >= 11 is 6.19. The van der Waals surface area contributed by atoms with E-state index in [2.05, 4.69) is 13.8 Å². The summed E-state index contributed by atoms with van der Waals surface area (Å²) in [4.78, 5) is 13.4. The molecule has 1 aromatic heterocycles. The molecule has 0 bridgehead atoms. The van der Waals surface area contributed by atoms with Crippen molar-refractivity contribution in [2.45, 2.75) is 40.7 Å². The zero-order valence-corrected chi connectivity index (χ0v) is 14.3. The van der Waals surface area contributed by atoms with Gasteiger partial charge in [0.2, 0.25) is 0 Å². The molecule has 0 unspecified atom stereocenters. The van der Waals surface area contributed by atoms with E-state index in [9.17, 15) is 9.90 Å². The Bertz CT molecular complexity index is 748. The summed E-state index contributed by atoms with van der Waals surface area (Å²) in [7, 11) is 0. The largest absolute Gasteiger partial charge is 0.506 e. The Kier molecular flexibility index (Phi) is 5.14. The fourth-order valence-electron chi connectivity index (χ4n) is 2.86. The first kappa shape index (κ1) is 16.8. The highest BCUT2D eigenvalue weighted by molar-refractivity contribution is 6.33. The van der Waals surface area contributed by atoms with Gasteiger partial charge in [-0.15, -0.1) is 0 Å². The van der Waals surface area contributed by atoms with Crippen molar-refractivity contribution in [1.29, 1.82) is 0 Å². The zero-order valence-electron chi connectivity index (χ0n) is 13.5. The molecule has 1 heterocycles. The van der Waals surface area contributed by atoms with Crippen molar-refractivity contribution in [3.8, 4) is 5.75 Å². The summed E-state index contributed by atoms with van der Waals surface area (Å²) in [5.41, 5.74) is 2.29. The Labute approximate surface area is 135 Å². The van der Waals surface area contributed by atoms with E-state index in [4.69, 9.17) is 16.0 Å². The highest BCUT2D eigenvalue weighted by Crippen LogP contribution is 2.35. The lowest BCUT2D eigenvalue weighted by Gasteiger charge is -2.18. The normalized spacial score (nSPS) is 11.5. The standard InChI is InChI=1S/C17H22ClNO3/c1-5-11-10(4)12-8-14(18)15(20)13(9-19(6-2)7-3)16(12)22-17(11)21/h8,20H,5-7,9H2,1-4H3/p+1. The number of phenolic OH excluding ortho intramolecular Hbond substituents is 1. The first-order chi connectivity index (χ1) is 10.4. The molecule has 0 saturated carbocycles. The van der Waals surface area contributed by atoms with Crippen molar-refractivity contribution in [1.82, 2.24) is 0 Å². The lowest BCUT2D eigenvalue weighted by atomic mass is 10.0. The molecule has 4 nitrogen and oxygen atoms in total. The fraction of sp³-hybridized carbons (Fsp3) is 0.471. The molecule has 0 aliphatic carbocycles. The molecular weight excluding hydrogens is 302 g/mol. The quantitative estimate of drug-likeness (QED) is 0.831. The number of fused-ring (bicyclic) bond motifs is 1. The Morgan fingerprint density at radius 2 is 1.86 bits per heavy atom. The molecule has 2 rings (SSSR count). The first-order valence-electron chi connectivity index (χ1n) is 7.74. The lowest BCUT2D eigenvalue weighted by Crippen LogP contribution is -3.10. The van der Waals surface area contributed by atoms with Crippen molar-refractivity contribution in [3.63, 3.8) is 0 Å². The van der Waals surface area contributed by atoms with E-state index in [0.29, 0.717) is 34.7 Å². The maximum Gasteiger partial charge on any atom is 0.339 e. The van der Waals surface area contributed by atoms with Crippen molar-refractivity contribution in [2.24, 2.45) is 0 Å². The van der Waals surface area contributed by atoms with Gasteiger partial charge in [-0.25, -0.2) is 4.79 Å². The van der Waals surface area contributed by atoms with Crippen LogP contribution >= 0.6 is 11.6 Å². The van der Waals surface area contributed by atoms with Gasteiger partial charge in [0.15, 0.2) is 5.58 Å². The third kappa shape index (κ3) is 2.85. The van der Waals surface area contributed by atoms with Crippen LogP contribution in [0.1, 0.15) is 37.5 Å². The second-order valence-electron chi connectivity index (χ2n) is 5.54. The molecule has 0 radical (unpaired) electrons. The molecule has 120 valence electrons. The maximum absolute atomic E-state index is 12.2. The van der Waals surface area contributed by atoms with Crippen molar-refractivity contribution >= 4 is 22.6 Å². The molecule has 0 amide bonds. The van der Waals surface area contributed by atoms with Gasteiger partial charge in [0, 0.05) is 10.9 Å². The highest BCUT2D eigenvalue weighted by Gasteiger charge is 2.21. The lowest BCUT2D eigenvalue weighted by molar-refractivity contribution is -0.910. The molecule has 0 aliphatic heterocycles. The van der Waals surface area contributed by atoms with E-state index in [-0.39, 0.29) is 11.4 Å². The van der Waals surface area contributed by atoms with E-state index in [1.165, 1.54) is 4.90 Å². The van der Waals surface area contributed by atoms with E-state index >= 15 is 0 Å². The number of rotatable bonds is 5. The molecule has 2 N–H and O–H groups in total. The number of benzene rings is 1. The third-order valence-corrected chi connectivity index (χ3v) is 4.67. The molecule has 1 aromatic carbocycles. The van der Waals surface area contributed by atoms with Crippen LogP contribution in [-0.2, 0) is 13.0 Å². The van der Waals surface area contributed by atoms with E-state index in [1.54, 1.807) is 6.07 Å². The number of halogens is 1. The van der Waals surface area contributed by atoms with Crippen LogP contribution in [-0.4, -0.2) is 18.2 Å². The van der Waals surface area contributed by atoms with Crippen LogP contribution in [0.25, 0.3) is 11.0 Å². The van der Waals surface area contributed by atoms with E-state index < -0.39 is 0 Å². The predicted molar refractivity (Wildman–Crippen MR) is 89.0 cm³/mol. The Morgan fingerprint density at radius 1 is 1.23 bits per heavy atom. The predicted octanol–water partition coefficient (Wildman–Crippen LogP) is 2.45. The second-order valence-corrected chi connectivity index (χ2v) is 5.95. The van der Waals surface area contributed by atoms with Gasteiger partial charge in [0.05, 0.1) is 23.7 Å². The van der Waals surface area contributed by atoms with Gasteiger partial charge in [0.25, 0.3) is 0 Å². The Balaban J connectivity index is 2.79.